The summed E-state index contributed by atoms with van der Waals surface area (Å²) in [4.78, 5) is 25.2. The third kappa shape index (κ3) is 3.13. The van der Waals surface area contributed by atoms with Gasteiger partial charge in [-0.05, 0) is 32.0 Å². The number of methoxy groups -OCH3 is 1. The van der Waals surface area contributed by atoms with Gasteiger partial charge in [-0.1, -0.05) is 30.3 Å². The molecule has 0 amide bonds. The van der Waals surface area contributed by atoms with Crippen molar-refractivity contribution in [2.45, 2.75) is 20.0 Å². The summed E-state index contributed by atoms with van der Waals surface area (Å²) in [7, 11) is 1.32. The molecule has 0 bridgehead atoms. The summed E-state index contributed by atoms with van der Waals surface area (Å²) in [6.45, 7) is 3.81. The van der Waals surface area contributed by atoms with Crippen LogP contribution in [0.5, 0.6) is 5.75 Å². The molecule has 0 N–H and O–H groups in total. The molecular formula is C20H19NO4. The molecule has 128 valence electrons. The van der Waals surface area contributed by atoms with Gasteiger partial charge in [-0.2, -0.15) is 0 Å². The predicted octanol–water partition coefficient (Wildman–Crippen LogP) is 3.90. The van der Waals surface area contributed by atoms with Gasteiger partial charge < -0.3 is 9.47 Å². The van der Waals surface area contributed by atoms with Crippen LogP contribution in [0, 0.1) is 0 Å². The minimum Gasteiger partial charge on any atom is -0.490 e. The molecule has 5 nitrogen and oxygen atoms in total. The fourth-order valence-electron chi connectivity index (χ4n) is 2.75. The normalized spacial score (nSPS) is 10.9. The van der Waals surface area contributed by atoms with Crippen LogP contribution in [0.15, 0.2) is 54.7 Å². The highest BCUT2D eigenvalue weighted by Crippen LogP contribution is 2.26. The molecule has 0 aliphatic rings. The minimum atomic E-state index is -0.477. The van der Waals surface area contributed by atoms with E-state index in [1.807, 2.05) is 32.0 Å². The first-order valence-electron chi connectivity index (χ1n) is 8.01. The minimum absolute atomic E-state index is 0.0546. The standard InChI is InChI=1S/C20H19NO4/c1-13(2)25-18-11-7-5-9-15(18)19(22)21-12-16(20(23)24-3)14-8-4-6-10-17(14)21/h4-13H,1-3H3. The van der Waals surface area contributed by atoms with Crippen molar-refractivity contribution in [3.63, 3.8) is 0 Å². The van der Waals surface area contributed by atoms with E-state index < -0.39 is 5.97 Å². The zero-order valence-corrected chi connectivity index (χ0v) is 14.4. The van der Waals surface area contributed by atoms with Crippen LogP contribution < -0.4 is 4.74 Å². The van der Waals surface area contributed by atoms with E-state index >= 15 is 0 Å². The first kappa shape index (κ1) is 16.8. The number of nitrogens with zero attached hydrogens (tertiary/aromatic N) is 1. The molecule has 3 rings (SSSR count). The summed E-state index contributed by atoms with van der Waals surface area (Å²) < 4.78 is 12.0. The number of para-hydroxylation sites is 2. The smallest absolute Gasteiger partial charge is 0.340 e. The van der Waals surface area contributed by atoms with Crippen molar-refractivity contribution in [3.8, 4) is 5.75 Å². The average molecular weight is 337 g/mol. The Hall–Kier alpha value is -3.08. The lowest BCUT2D eigenvalue weighted by Gasteiger charge is -2.14. The third-order valence-electron chi connectivity index (χ3n) is 3.82. The van der Waals surface area contributed by atoms with Crippen LogP contribution >= 0.6 is 0 Å². The van der Waals surface area contributed by atoms with Gasteiger partial charge in [-0.25, -0.2) is 4.79 Å². The maximum absolute atomic E-state index is 13.1. The number of esters is 1. The lowest BCUT2D eigenvalue weighted by atomic mass is 10.1. The van der Waals surface area contributed by atoms with Gasteiger partial charge in [0.15, 0.2) is 0 Å². The summed E-state index contributed by atoms with van der Waals surface area (Å²) in [6, 6.07) is 14.3. The van der Waals surface area contributed by atoms with Crippen LogP contribution in [0.4, 0.5) is 0 Å². The first-order chi connectivity index (χ1) is 12.0. The molecule has 0 unspecified atom stereocenters. The molecule has 1 aromatic heterocycles. The number of benzene rings is 2. The van der Waals surface area contributed by atoms with E-state index in [4.69, 9.17) is 9.47 Å². The van der Waals surface area contributed by atoms with E-state index in [1.165, 1.54) is 17.9 Å². The SMILES string of the molecule is COC(=O)c1cn(C(=O)c2ccccc2OC(C)C)c2ccccc12. The van der Waals surface area contributed by atoms with E-state index in [9.17, 15) is 9.59 Å². The van der Waals surface area contributed by atoms with Gasteiger partial charge >= 0.3 is 5.97 Å². The Morgan fingerprint density at radius 1 is 0.960 bits per heavy atom. The van der Waals surface area contributed by atoms with Crippen LogP contribution in [0.1, 0.15) is 34.6 Å². The zero-order chi connectivity index (χ0) is 18.0. The Labute approximate surface area is 145 Å². The number of aromatic nitrogens is 1. The first-order valence-corrected chi connectivity index (χ1v) is 8.01. The number of ether oxygens (including phenoxy) is 2. The summed E-state index contributed by atoms with van der Waals surface area (Å²) in [5, 5.41) is 0.671. The number of fused-ring (bicyclic) bond motifs is 1. The number of carbonyl (C=O) groups excluding carboxylic acids is 2. The Kier molecular flexibility index (Phi) is 4.57. The summed E-state index contributed by atoms with van der Waals surface area (Å²) >= 11 is 0. The van der Waals surface area contributed by atoms with Crippen LogP contribution in [0.25, 0.3) is 10.9 Å². The van der Waals surface area contributed by atoms with Crippen LogP contribution in [0.2, 0.25) is 0 Å². The maximum atomic E-state index is 13.1. The molecular weight excluding hydrogens is 318 g/mol. The molecule has 3 aromatic rings. The van der Waals surface area contributed by atoms with Crippen molar-refractivity contribution >= 4 is 22.8 Å². The molecule has 0 spiro atoms. The van der Waals surface area contributed by atoms with Crippen molar-refractivity contribution in [2.75, 3.05) is 7.11 Å². The Morgan fingerprint density at radius 3 is 2.36 bits per heavy atom. The molecule has 0 aliphatic carbocycles. The number of hydrogen-bond acceptors (Lipinski definition) is 4. The van der Waals surface area contributed by atoms with Crippen LogP contribution in [-0.2, 0) is 4.74 Å². The van der Waals surface area contributed by atoms with Gasteiger partial charge in [-0.15, -0.1) is 0 Å². The van der Waals surface area contributed by atoms with E-state index in [1.54, 1.807) is 30.3 Å². The molecule has 2 aromatic carbocycles. The molecule has 0 atom stereocenters. The molecule has 0 radical (unpaired) electrons. The molecule has 0 saturated heterocycles. The van der Waals surface area contributed by atoms with Crippen molar-refractivity contribution in [2.24, 2.45) is 0 Å². The van der Waals surface area contributed by atoms with Gasteiger partial charge in [0.1, 0.15) is 5.75 Å². The predicted molar refractivity (Wildman–Crippen MR) is 95.2 cm³/mol. The fraction of sp³-hybridized carbons (Fsp3) is 0.200. The number of rotatable bonds is 4. The molecule has 1 heterocycles. The Balaban J connectivity index is 2.14. The van der Waals surface area contributed by atoms with Crippen molar-refractivity contribution in [3.05, 3.63) is 65.9 Å². The van der Waals surface area contributed by atoms with Gasteiger partial charge in [0.2, 0.25) is 0 Å². The Morgan fingerprint density at radius 2 is 1.64 bits per heavy atom. The molecule has 0 saturated carbocycles. The molecule has 25 heavy (non-hydrogen) atoms. The second-order valence-corrected chi connectivity index (χ2v) is 5.89. The van der Waals surface area contributed by atoms with Gasteiger partial charge in [0.25, 0.3) is 5.91 Å². The van der Waals surface area contributed by atoms with E-state index in [0.717, 1.165) is 0 Å². The average Bonchev–Trinajstić information content (AvgIpc) is 3.00. The monoisotopic (exact) mass is 337 g/mol. The second-order valence-electron chi connectivity index (χ2n) is 5.89. The van der Waals surface area contributed by atoms with E-state index in [2.05, 4.69) is 0 Å². The Bertz CT molecular complexity index is 940. The molecule has 0 aliphatic heterocycles. The van der Waals surface area contributed by atoms with Crippen LogP contribution in [-0.4, -0.2) is 29.7 Å². The van der Waals surface area contributed by atoms with Gasteiger partial charge in [0, 0.05) is 11.6 Å². The lowest BCUT2D eigenvalue weighted by molar-refractivity contribution is 0.0603. The summed E-state index contributed by atoms with van der Waals surface area (Å²) in [5.41, 5.74) is 1.44. The lowest BCUT2D eigenvalue weighted by Crippen LogP contribution is -2.15. The topological polar surface area (TPSA) is 57.5 Å². The second kappa shape index (κ2) is 6.81. The molecule has 5 heteroatoms. The van der Waals surface area contributed by atoms with Crippen molar-refractivity contribution in [1.29, 1.82) is 0 Å². The maximum Gasteiger partial charge on any atom is 0.340 e. The number of hydrogen-bond donors (Lipinski definition) is 0. The highest BCUT2D eigenvalue weighted by Gasteiger charge is 2.21. The van der Waals surface area contributed by atoms with Crippen molar-refractivity contribution in [1.82, 2.24) is 4.57 Å². The van der Waals surface area contributed by atoms with Gasteiger partial charge in [-0.3, -0.25) is 9.36 Å². The summed E-state index contributed by atoms with van der Waals surface area (Å²) in [5.74, 6) is -0.225. The highest BCUT2D eigenvalue weighted by molar-refractivity contribution is 6.10. The van der Waals surface area contributed by atoms with E-state index in [0.29, 0.717) is 27.8 Å². The largest absolute Gasteiger partial charge is 0.490 e. The van der Waals surface area contributed by atoms with Crippen LogP contribution in [0.3, 0.4) is 0 Å². The van der Waals surface area contributed by atoms with Gasteiger partial charge in [0.05, 0.1) is 29.9 Å². The highest BCUT2D eigenvalue weighted by atomic mass is 16.5. The third-order valence-corrected chi connectivity index (χ3v) is 3.82. The molecule has 0 fully saturated rings. The zero-order valence-electron chi connectivity index (χ0n) is 14.4. The fourth-order valence-corrected chi connectivity index (χ4v) is 2.75. The van der Waals surface area contributed by atoms with Crippen molar-refractivity contribution < 1.29 is 19.1 Å². The summed E-state index contributed by atoms with van der Waals surface area (Å²) in [6.07, 6.45) is 1.46. The van der Waals surface area contributed by atoms with E-state index in [-0.39, 0.29) is 12.0 Å². The number of carbonyl (C=O) groups is 2. The quantitative estimate of drug-likeness (QED) is 0.678.